The summed E-state index contributed by atoms with van der Waals surface area (Å²) in [6, 6.07) is 14.9. The zero-order valence-electron chi connectivity index (χ0n) is 86.1. The molecule has 6 aromatic rings. The Balaban J connectivity index is 0.00000105. The zero-order valence-corrected chi connectivity index (χ0v) is 88.2. The van der Waals surface area contributed by atoms with Crippen molar-refractivity contribution >= 4 is 79.3 Å². The van der Waals surface area contributed by atoms with E-state index in [1.807, 2.05) is 14.1 Å². The van der Waals surface area contributed by atoms with E-state index in [1.165, 1.54) is 74.2 Å². The van der Waals surface area contributed by atoms with Gasteiger partial charge in [0.05, 0.1) is 79.1 Å². The smallest absolute Gasteiger partial charge is 0.416 e. The summed E-state index contributed by atoms with van der Waals surface area (Å²) in [5, 5.41) is 49.6. The number of nitrogens with zero attached hydrogens (tertiary/aromatic N) is 6. The average Bonchev–Trinajstić information content (AvgIpc) is 0.819. The van der Waals surface area contributed by atoms with Crippen LogP contribution in [0.3, 0.4) is 0 Å². The van der Waals surface area contributed by atoms with Gasteiger partial charge in [-0.1, -0.05) is 50.2 Å². The Kier molecular flexibility index (Phi) is 57.9. The molecule has 11 amide bonds. The Labute approximate surface area is 884 Å². The van der Waals surface area contributed by atoms with Crippen LogP contribution < -0.4 is 81.4 Å². The van der Waals surface area contributed by atoms with Gasteiger partial charge in [0, 0.05) is 199 Å². The largest absolute Gasteiger partial charge is 0.480 e. The molecule has 6 aromatic carbocycles. The maximum Gasteiger partial charge on any atom is 0.416 e. The van der Waals surface area contributed by atoms with Gasteiger partial charge in [0.2, 0.25) is 47.3 Å². The van der Waals surface area contributed by atoms with Crippen molar-refractivity contribution in [3.63, 3.8) is 0 Å². The molecule has 0 aromatic heterocycles. The fourth-order valence-electron chi connectivity index (χ4n) is 13.7. The fraction of sp³-hybridized carbons (Fsp3) is 0.495. The van der Waals surface area contributed by atoms with Gasteiger partial charge in [0.25, 0.3) is 17.7 Å². The van der Waals surface area contributed by atoms with Crippen molar-refractivity contribution in [2.24, 2.45) is 22.9 Å². The summed E-state index contributed by atoms with van der Waals surface area (Å²) >= 11 is 0. The summed E-state index contributed by atoms with van der Waals surface area (Å²) in [5.74, 6) is -9.25. The first-order valence-electron chi connectivity index (χ1n) is 47.1. The van der Waals surface area contributed by atoms with Crippen LogP contribution in [0, 0.1) is 31.1 Å². The fourth-order valence-corrected chi connectivity index (χ4v) is 13.7. The number of benzene rings is 6. The molecule has 0 heterocycles. The number of likely N-dealkylation sites (N-methyl/N-ethyl adjacent to an activating group) is 9. The third-order valence-electron chi connectivity index (χ3n) is 22.8. The van der Waals surface area contributed by atoms with Crippen molar-refractivity contribution in [2.75, 3.05) is 181 Å². The van der Waals surface area contributed by atoms with Gasteiger partial charge in [-0.3, -0.25) is 57.5 Å². The van der Waals surface area contributed by atoms with E-state index >= 15 is 0 Å². The Morgan fingerprint density at radius 2 is 0.607 bits per heavy atom. The molecule has 35 nitrogen and oxygen atoms in total. The van der Waals surface area contributed by atoms with Crippen LogP contribution in [0.4, 0.5) is 79.0 Å². The number of hydrogen-bond acceptors (Lipinski definition) is 23. The van der Waals surface area contributed by atoms with E-state index in [0.717, 1.165) is 114 Å². The SMILES string of the molecule is CN(CCNC(=O)c1ccc(C(F)(F)F)cc1)C(=O)[C@@H](NC(=O)C(N)CC(=O)N(CCN)CCN)[C@H](O)c1ccc(C(F)(F)F)cc1.CNCCN(CCNC)C(=O)CC(NC)C(=O)N[C@H](C(=O)N(C)CCNC(=O)c1ccc(C(F)(F)F)cc1)[C@H](C)c1ccc(C(F)(F)F)cc1.CNCCN(CCNC)C(=O)CC(NC)C(=O)O.C[C@H](c1ccc(C(F)(F)F)cc1)[C@H](N)C(=O)N(C)CCNC(=O)c1ccc(C(F)(F)F)cc1.[3H][B][3H].[U]. The van der Waals surface area contributed by atoms with Crippen LogP contribution in [-0.2, 0) is 80.2 Å². The van der Waals surface area contributed by atoms with Gasteiger partial charge in [-0.25, -0.2) is 0 Å². The molecule has 6 rings (SSSR count). The number of nitrogens with one attached hydrogen (secondary N) is 11. The minimum atomic E-state index is -4.68. The number of halogens is 18. The normalized spacial score (nSPS) is 13.4. The van der Waals surface area contributed by atoms with E-state index in [0.29, 0.717) is 84.0 Å². The van der Waals surface area contributed by atoms with Crippen LogP contribution in [0.2, 0.25) is 0 Å². The molecule has 1 radical (unpaired) electrons. The molecule has 21 N–H and O–H groups in total. The molecular formula is C95H131BF18N21O14U. The van der Waals surface area contributed by atoms with Crippen LogP contribution in [-0.4, -0.2) is 339 Å². The number of aliphatic carboxylic acids is 1. The Morgan fingerprint density at radius 1 is 0.353 bits per heavy atom. The van der Waals surface area contributed by atoms with Crippen LogP contribution in [0.1, 0.15) is 132 Å². The molecule has 3 unspecified atom stereocenters. The molecule has 55 heteroatoms. The van der Waals surface area contributed by atoms with Crippen molar-refractivity contribution in [3.05, 3.63) is 212 Å². The van der Waals surface area contributed by atoms with Crippen LogP contribution in [0.25, 0.3) is 0 Å². The summed E-state index contributed by atoms with van der Waals surface area (Å²) in [4.78, 5) is 160. The molecular weight excluding hydrogens is 2250 g/mol. The third kappa shape index (κ3) is 46.3. The number of alkyl halides is 18. The van der Waals surface area contributed by atoms with Crippen molar-refractivity contribution in [1.29, 1.82) is 2.67 Å². The second-order valence-corrected chi connectivity index (χ2v) is 33.5. The topological polar surface area (TPSA) is 501 Å². The van der Waals surface area contributed by atoms with E-state index < -0.39 is 190 Å². The average molecular weight is 2390 g/mol. The van der Waals surface area contributed by atoms with Crippen LogP contribution in [0.5, 0.6) is 0 Å². The molecule has 0 aliphatic rings. The minimum absolute atomic E-state index is 0. The summed E-state index contributed by atoms with van der Waals surface area (Å²) in [7, 11) is 14.7. The number of carboxylic acids is 1. The van der Waals surface area contributed by atoms with Gasteiger partial charge in [-0.15, -0.1) is 0 Å². The van der Waals surface area contributed by atoms with Gasteiger partial charge in [0.15, 0.2) is 0 Å². The van der Waals surface area contributed by atoms with Crippen LogP contribution >= 0.6 is 0 Å². The van der Waals surface area contributed by atoms with Crippen molar-refractivity contribution in [1.82, 2.24) is 87.9 Å². The Hall–Kier alpha value is -11.6. The summed E-state index contributed by atoms with van der Waals surface area (Å²) in [6.45, 7) is 7.46. The third-order valence-corrected chi connectivity index (χ3v) is 22.8. The van der Waals surface area contributed by atoms with Gasteiger partial charge in [0.1, 0.15) is 24.2 Å². The number of carbonyl (C=O) groups is 12. The number of carbonyl (C=O) groups excluding carboxylic acids is 11. The predicted molar refractivity (Wildman–Crippen MR) is 519 cm³/mol. The van der Waals surface area contributed by atoms with E-state index in [9.17, 15) is 142 Å². The van der Waals surface area contributed by atoms with Crippen molar-refractivity contribution < 1.29 is 178 Å². The second-order valence-electron chi connectivity index (χ2n) is 33.5. The van der Waals surface area contributed by atoms with E-state index in [2.05, 4.69) is 58.5 Å². The number of carboxylic acid groups (broad SMARTS) is 1. The molecule has 0 spiro atoms. The molecule has 833 valence electrons. The first kappa shape index (κ1) is 133. The van der Waals surface area contributed by atoms with Crippen molar-refractivity contribution in [3.8, 4) is 0 Å². The number of aliphatic hydroxyl groups is 1. The molecule has 0 saturated heterocycles. The summed E-state index contributed by atoms with van der Waals surface area (Å²) in [5.41, 5.74) is 18.0. The molecule has 9 atom stereocenters. The Bertz CT molecular complexity index is 5190. The monoisotopic (exact) mass is 2390 g/mol. The second kappa shape index (κ2) is 65.6. The van der Waals surface area contributed by atoms with Crippen LogP contribution in [0.15, 0.2) is 146 Å². The first-order valence-corrected chi connectivity index (χ1v) is 45.9. The molecule has 0 saturated carbocycles. The Morgan fingerprint density at radius 3 is 0.887 bits per heavy atom. The summed E-state index contributed by atoms with van der Waals surface area (Å²) < 4.78 is 243. The molecule has 150 heavy (non-hydrogen) atoms. The van der Waals surface area contributed by atoms with E-state index in [-0.39, 0.29) is 143 Å². The van der Waals surface area contributed by atoms with E-state index in [4.69, 9.17) is 30.7 Å². The number of amides is 11. The van der Waals surface area contributed by atoms with Gasteiger partial charge >= 0.3 is 43.0 Å². The number of hydrogen-bond donors (Lipinski definition) is 17. The number of rotatable bonds is 50. The van der Waals surface area contributed by atoms with Crippen molar-refractivity contribution in [2.45, 2.75) is 124 Å². The minimum Gasteiger partial charge on any atom is -0.480 e. The predicted octanol–water partition coefficient (Wildman–Crippen LogP) is 4.48. The molecule has 0 aliphatic carbocycles. The maximum atomic E-state index is 13.8. The number of aliphatic hydroxyl groups excluding tert-OH is 1. The standard InChI is InChI=1S/C33H45F6N7O4.C29H37F6N7O5.C22H23F6N3O2.C11H24N4O3.BH2.U/c1-21(22-6-10-24(11-7-22)32(34,35)36)28(44-30(49)26(42-4)20-27(47)46(18-14-40-2)19-15-41-3)31(50)45(5)17-16-43-29(48)23-8-12-25(13-9-23)33(37,38)39;1-41(15-12-39-25(45)18-4-8-20(9-5-18)29(33,34)35)27(47)23(24(44)17-2-6-19(7-3-17)28(30,31)32)40-26(46)21(38)16-22(43)42(13-10-36)14-11-37;1-13(14-3-7-16(8-4-14)21(23,24)25)18(29)20(33)31(2)12-11-30-19(32)15-5-9-17(10-6-15)22(26,27)28;1-12-4-6-15(7-5-13-2)10(16)8-9(14-3)11(17)18;;/h6-13,21,26,28,40-42H,14-20H2,1-5H3,(H,43,48)(H,44,49);2-9,21,23-24,44H,10-16,36-38H2,1H3,(H,39,45)(H,40,46);3-10,13,18H,11-12,29H2,1-2H3,(H,30,32);9,12-14H,4-8H2,1-3H3,(H,17,18);1H2;/t21-,26?,28+;21?,23-,24+;13-,18+;;;/m101.../s1/i;;;;1T2;. The van der Waals surface area contributed by atoms with Gasteiger partial charge in [-0.2, -0.15) is 79.0 Å². The quantitative estimate of drug-likeness (QED) is 0.0185. The van der Waals surface area contributed by atoms with Gasteiger partial charge < -0.3 is 121 Å². The molecule has 0 aliphatic heterocycles. The first-order chi connectivity index (χ1) is 70.5. The molecule has 0 bridgehead atoms. The molecule has 0 fully saturated rings. The number of nitrogens with two attached hydrogens (primary N) is 4. The maximum absolute atomic E-state index is 13.8. The van der Waals surface area contributed by atoms with Gasteiger partial charge in [-0.05, 0) is 171 Å². The summed E-state index contributed by atoms with van der Waals surface area (Å²) in [6.07, 6.45) is -30.1. The zero-order chi connectivity index (χ0) is 115. The van der Waals surface area contributed by atoms with E-state index in [1.54, 1.807) is 37.7 Å².